The summed E-state index contributed by atoms with van der Waals surface area (Å²) < 4.78 is 0. The van der Waals surface area contributed by atoms with Gasteiger partial charge in [0.1, 0.15) is 5.82 Å². The number of thiophene rings is 1. The van der Waals surface area contributed by atoms with Gasteiger partial charge in [-0.2, -0.15) is 0 Å². The van der Waals surface area contributed by atoms with E-state index in [-0.39, 0.29) is 5.91 Å². The van der Waals surface area contributed by atoms with Gasteiger partial charge >= 0.3 is 0 Å². The zero-order valence-electron chi connectivity index (χ0n) is 19.1. The predicted octanol–water partition coefficient (Wildman–Crippen LogP) is 5.55. The van der Waals surface area contributed by atoms with E-state index in [0.717, 1.165) is 57.5 Å². The van der Waals surface area contributed by atoms with Gasteiger partial charge < -0.3 is 14.7 Å². The molecule has 1 saturated heterocycles. The number of amides is 1. The number of rotatable bonds is 6. The molecule has 1 atom stereocenters. The Balaban J connectivity index is 1.50. The van der Waals surface area contributed by atoms with E-state index in [2.05, 4.69) is 41.5 Å². The Hall–Kier alpha value is -2.41. The first kappa shape index (κ1) is 22.8. The minimum atomic E-state index is 0.0322. The van der Waals surface area contributed by atoms with E-state index in [1.165, 1.54) is 11.3 Å². The van der Waals surface area contributed by atoms with Crippen LogP contribution in [-0.2, 0) is 6.54 Å². The summed E-state index contributed by atoms with van der Waals surface area (Å²) in [5.41, 5.74) is 3.84. The molecular formula is C25H29ClN4OS. The van der Waals surface area contributed by atoms with Gasteiger partial charge in [-0.15, -0.1) is 11.3 Å². The number of hydrogen-bond acceptors (Lipinski definition) is 5. The van der Waals surface area contributed by atoms with Crippen LogP contribution in [-0.4, -0.2) is 49.0 Å². The average molecular weight is 469 g/mol. The summed E-state index contributed by atoms with van der Waals surface area (Å²) in [5, 5.41) is 0.706. The molecule has 0 radical (unpaired) electrons. The normalized spacial score (nSPS) is 19.3. The SMILES string of the molecule is C=C(C)C(=CC=C(C)Cl)c1cc2c(s1)C(=O)N(c1ccc(N3CCC(N(C)C)C3)nc1)C2. The van der Waals surface area contributed by atoms with Crippen LogP contribution in [0.25, 0.3) is 5.57 Å². The third-order valence-corrected chi connectivity index (χ3v) is 7.37. The maximum absolute atomic E-state index is 13.1. The highest BCUT2D eigenvalue weighted by molar-refractivity contribution is 7.15. The Kier molecular flexibility index (Phi) is 6.56. The summed E-state index contributed by atoms with van der Waals surface area (Å²) in [6.07, 6.45) is 6.79. The minimum absolute atomic E-state index is 0.0322. The van der Waals surface area contributed by atoms with Crippen LogP contribution < -0.4 is 9.80 Å². The maximum atomic E-state index is 13.1. The number of aromatic nitrogens is 1. The molecule has 1 fully saturated rings. The molecule has 0 spiro atoms. The number of likely N-dealkylation sites (N-methyl/N-ethyl adjacent to an activating group) is 1. The number of fused-ring (bicyclic) bond motifs is 1. The molecule has 2 aliphatic heterocycles. The second-order valence-electron chi connectivity index (χ2n) is 8.70. The molecule has 0 aliphatic carbocycles. The van der Waals surface area contributed by atoms with Crippen molar-refractivity contribution in [2.24, 2.45) is 0 Å². The quantitative estimate of drug-likeness (QED) is 0.521. The van der Waals surface area contributed by atoms with Gasteiger partial charge in [-0.05, 0) is 75.3 Å². The third-order valence-electron chi connectivity index (χ3n) is 6.04. The summed E-state index contributed by atoms with van der Waals surface area (Å²) in [5.74, 6) is 1.01. The van der Waals surface area contributed by atoms with Crippen molar-refractivity contribution < 1.29 is 4.79 Å². The molecule has 0 saturated carbocycles. The van der Waals surface area contributed by atoms with Crippen molar-refractivity contribution >= 4 is 45.9 Å². The van der Waals surface area contributed by atoms with Crippen molar-refractivity contribution in [2.75, 3.05) is 37.0 Å². The highest BCUT2D eigenvalue weighted by atomic mass is 35.5. The summed E-state index contributed by atoms with van der Waals surface area (Å²) in [7, 11) is 4.25. The molecule has 2 aromatic heterocycles. The standard InChI is InChI=1S/C25H29ClN4OS/c1-16(2)21(8-6-17(3)26)22-12-18-14-30(25(31)24(18)32-22)19-7-9-23(27-13-19)29-11-10-20(15-29)28(4)5/h6-9,12-13,20H,1,10-11,14-15H2,2-5H3. The van der Waals surface area contributed by atoms with Crippen molar-refractivity contribution in [3.8, 4) is 0 Å². The van der Waals surface area contributed by atoms with E-state index in [1.807, 2.05) is 44.3 Å². The van der Waals surface area contributed by atoms with Gasteiger partial charge in [0, 0.05) is 29.0 Å². The summed E-state index contributed by atoms with van der Waals surface area (Å²) in [4.78, 5) is 26.0. The molecule has 4 heterocycles. The largest absolute Gasteiger partial charge is 0.355 e. The number of carbonyl (C=O) groups is 1. The summed E-state index contributed by atoms with van der Waals surface area (Å²) >= 11 is 7.51. The van der Waals surface area contributed by atoms with Crippen molar-refractivity contribution in [2.45, 2.75) is 32.9 Å². The summed E-state index contributed by atoms with van der Waals surface area (Å²) in [6, 6.07) is 6.70. The Morgan fingerprint density at radius 3 is 2.66 bits per heavy atom. The Bertz CT molecular complexity index is 1100. The number of nitrogens with zero attached hydrogens (tertiary/aromatic N) is 4. The first-order valence-corrected chi connectivity index (χ1v) is 12.0. The van der Waals surface area contributed by atoms with Crippen LogP contribution in [0.15, 0.2) is 53.7 Å². The highest BCUT2D eigenvalue weighted by Crippen LogP contribution is 2.38. The fourth-order valence-corrected chi connectivity index (χ4v) is 5.45. The van der Waals surface area contributed by atoms with E-state index >= 15 is 0 Å². The Morgan fingerprint density at radius 2 is 2.09 bits per heavy atom. The topological polar surface area (TPSA) is 39.7 Å². The second-order valence-corrected chi connectivity index (χ2v) is 10.3. The molecule has 2 aromatic rings. The van der Waals surface area contributed by atoms with Crippen LogP contribution in [0.2, 0.25) is 0 Å². The molecule has 1 amide bonds. The van der Waals surface area contributed by atoms with E-state index in [0.29, 0.717) is 17.6 Å². The van der Waals surface area contributed by atoms with Crippen LogP contribution in [0.5, 0.6) is 0 Å². The molecule has 5 nitrogen and oxygen atoms in total. The smallest absolute Gasteiger partial charge is 0.269 e. The van der Waals surface area contributed by atoms with Crippen molar-refractivity contribution in [1.82, 2.24) is 9.88 Å². The number of anilines is 2. The van der Waals surface area contributed by atoms with Gasteiger partial charge in [-0.1, -0.05) is 24.3 Å². The van der Waals surface area contributed by atoms with Crippen LogP contribution in [0.4, 0.5) is 11.5 Å². The third kappa shape index (κ3) is 4.53. The number of halogens is 1. The number of hydrogen-bond donors (Lipinski definition) is 0. The van der Waals surface area contributed by atoms with Crippen LogP contribution in [0.3, 0.4) is 0 Å². The first-order chi connectivity index (χ1) is 15.2. The minimum Gasteiger partial charge on any atom is -0.355 e. The van der Waals surface area contributed by atoms with Crippen LogP contribution in [0.1, 0.15) is 40.4 Å². The van der Waals surface area contributed by atoms with Crippen LogP contribution in [0, 0.1) is 0 Å². The fourth-order valence-electron chi connectivity index (χ4n) is 4.16. The molecule has 1 unspecified atom stereocenters. The summed E-state index contributed by atoms with van der Waals surface area (Å²) in [6.45, 7) is 10.5. The second kappa shape index (κ2) is 9.22. The molecule has 0 aromatic carbocycles. The molecule has 2 aliphatic rings. The lowest BCUT2D eigenvalue weighted by Crippen LogP contribution is -2.31. The molecule has 0 bridgehead atoms. The van der Waals surface area contributed by atoms with Gasteiger partial charge in [-0.3, -0.25) is 4.79 Å². The Morgan fingerprint density at radius 1 is 1.31 bits per heavy atom. The van der Waals surface area contributed by atoms with Gasteiger partial charge in [-0.25, -0.2) is 4.98 Å². The average Bonchev–Trinajstić information content (AvgIpc) is 3.45. The lowest BCUT2D eigenvalue weighted by Gasteiger charge is -2.22. The molecule has 0 N–H and O–H groups in total. The monoisotopic (exact) mass is 468 g/mol. The fraction of sp³-hybridized carbons (Fsp3) is 0.360. The Labute approximate surface area is 199 Å². The zero-order chi connectivity index (χ0) is 23.0. The molecule has 168 valence electrons. The van der Waals surface area contributed by atoms with E-state index in [1.54, 1.807) is 4.90 Å². The van der Waals surface area contributed by atoms with Gasteiger partial charge in [0.25, 0.3) is 5.91 Å². The van der Waals surface area contributed by atoms with E-state index < -0.39 is 0 Å². The lowest BCUT2D eigenvalue weighted by atomic mass is 10.1. The molecule has 4 rings (SSSR count). The molecular weight excluding hydrogens is 440 g/mol. The maximum Gasteiger partial charge on any atom is 0.269 e. The van der Waals surface area contributed by atoms with E-state index in [4.69, 9.17) is 11.6 Å². The first-order valence-electron chi connectivity index (χ1n) is 10.8. The predicted molar refractivity (Wildman–Crippen MR) is 136 cm³/mol. The van der Waals surface area contributed by atoms with Gasteiger partial charge in [0.15, 0.2) is 0 Å². The van der Waals surface area contributed by atoms with Crippen molar-refractivity contribution in [1.29, 1.82) is 0 Å². The molecule has 32 heavy (non-hydrogen) atoms. The van der Waals surface area contributed by atoms with Crippen LogP contribution >= 0.6 is 22.9 Å². The van der Waals surface area contributed by atoms with E-state index in [9.17, 15) is 4.79 Å². The lowest BCUT2D eigenvalue weighted by molar-refractivity contribution is 0.1000. The number of pyridine rings is 1. The number of carbonyl (C=O) groups excluding carboxylic acids is 1. The molecule has 7 heteroatoms. The number of allylic oxidation sites excluding steroid dienone is 5. The van der Waals surface area contributed by atoms with Crippen molar-refractivity contribution in [3.05, 3.63) is 69.1 Å². The highest BCUT2D eigenvalue weighted by Gasteiger charge is 2.32. The zero-order valence-corrected chi connectivity index (χ0v) is 20.6. The van der Waals surface area contributed by atoms with Gasteiger partial charge in [0.05, 0.1) is 23.3 Å². The van der Waals surface area contributed by atoms with Crippen molar-refractivity contribution in [3.63, 3.8) is 0 Å². The van der Waals surface area contributed by atoms with Gasteiger partial charge in [0.2, 0.25) is 0 Å².